The summed E-state index contributed by atoms with van der Waals surface area (Å²) in [5.74, 6) is 1.66. The fourth-order valence-corrected chi connectivity index (χ4v) is 3.26. The standard InChI is InChI=1S/C12H18N2O2S/c1-9-2-3-10(6-9)7-13-8-11-4-5-12(17-11)14(15)16/h4-5,9-10,13H,2-3,6-8H2,1H3. The van der Waals surface area contributed by atoms with E-state index in [0.717, 1.165) is 29.8 Å². The van der Waals surface area contributed by atoms with Gasteiger partial charge in [0.15, 0.2) is 0 Å². The first-order valence-electron chi connectivity index (χ1n) is 6.09. The first kappa shape index (κ1) is 12.5. The van der Waals surface area contributed by atoms with Crippen molar-refractivity contribution in [3.8, 4) is 0 Å². The summed E-state index contributed by atoms with van der Waals surface area (Å²) in [6.07, 6.45) is 3.98. The van der Waals surface area contributed by atoms with E-state index in [1.807, 2.05) is 6.07 Å². The zero-order valence-electron chi connectivity index (χ0n) is 10.0. The number of rotatable bonds is 5. The second kappa shape index (κ2) is 5.60. The van der Waals surface area contributed by atoms with Gasteiger partial charge in [0.2, 0.25) is 0 Å². The lowest BCUT2D eigenvalue weighted by molar-refractivity contribution is -0.380. The number of hydrogen-bond acceptors (Lipinski definition) is 4. The Morgan fingerprint density at radius 2 is 2.35 bits per heavy atom. The molecule has 0 aromatic carbocycles. The minimum Gasteiger partial charge on any atom is -0.312 e. The van der Waals surface area contributed by atoms with Crippen molar-refractivity contribution < 1.29 is 4.92 Å². The largest absolute Gasteiger partial charge is 0.324 e. The minimum absolute atomic E-state index is 0.233. The van der Waals surface area contributed by atoms with Crippen LogP contribution in [0.1, 0.15) is 31.1 Å². The summed E-state index contributed by atoms with van der Waals surface area (Å²) in [5, 5.41) is 14.2. The fourth-order valence-electron chi connectivity index (χ4n) is 2.47. The SMILES string of the molecule is CC1CCC(CNCc2ccc([N+](=O)[O-])s2)C1. The van der Waals surface area contributed by atoms with Gasteiger partial charge in [0.1, 0.15) is 0 Å². The van der Waals surface area contributed by atoms with Gasteiger partial charge in [0, 0.05) is 17.5 Å². The van der Waals surface area contributed by atoms with Gasteiger partial charge in [0.25, 0.3) is 0 Å². The first-order valence-corrected chi connectivity index (χ1v) is 6.90. The second-order valence-electron chi connectivity index (χ2n) is 4.91. The molecule has 1 aliphatic carbocycles. The van der Waals surface area contributed by atoms with Crippen LogP contribution in [0.25, 0.3) is 0 Å². The molecule has 1 aliphatic rings. The molecular weight excluding hydrogens is 236 g/mol. The number of nitrogens with one attached hydrogen (secondary N) is 1. The summed E-state index contributed by atoms with van der Waals surface area (Å²) in [6, 6.07) is 3.42. The van der Waals surface area contributed by atoms with Crippen LogP contribution in [0, 0.1) is 22.0 Å². The summed E-state index contributed by atoms with van der Waals surface area (Å²) in [6.45, 7) is 4.10. The van der Waals surface area contributed by atoms with E-state index in [-0.39, 0.29) is 9.92 Å². The maximum atomic E-state index is 10.5. The summed E-state index contributed by atoms with van der Waals surface area (Å²) in [7, 11) is 0. The molecule has 0 aliphatic heterocycles. The van der Waals surface area contributed by atoms with Gasteiger partial charge in [-0.1, -0.05) is 24.7 Å². The van der Waals surface area contributed by atoms with Crippen molar-refractivity contribution in [1.82, 2.24) is 5.32 Å². The number of thiophene rings is 1. The molecule has 0 saturated heterocycles. The van der Waals surface area contributed by atoms with Crippen LogP contribution >= 0.6 is 11.3 Å². The van der Waals surface area contributed by atoms with Crippen molar-refractivity contribution in [2.45, 2.75) is 32.7 Å². The number of nitrogens with zero attached hydrogens (tertiary/aromatic N) is 1. The Morgan fingerprint density at radius 3 is 2.94 bits per heavy atom. The van der Waals surface area contributed by atoms with Crippen LogP contribution < -0.4 is 5.32 Å². The zero-order valence-corrected chi connectivity index (χ0v) is 10.8. The molecule has 1 aromatic heterocycles. The lowest BCUT2D eigenvalue weighted by Crippen LogP contribution is -2.20. The van der Waals surface area contributed by atoms with E-state index in [9.17, 15) is 10.1 Å². The zero-order chi connectivity index (χ0) is 12.3. The molecule has 17 heavy (non-hydrogen) atoms. The van der Waals surface area contributed by atoms with Gasteiger partial charge >= 0.3 is 5.00 Å². The van der Waals surface area contributed by atoms with Crippen molar-refractivity contribution in [2.75, 3.05) is 6.54 Å². The summed E-state index contributed by atoms with van der Waals surface area (Å²) >= 11 is 1.26. The lowest BCUT2D eigenvalue weighted by Gasteiger charge is -2.09. The Hall–Kier alpha value is -0.940. The Balaban J connectivity index is 1.72. The predicted molar refractivity (Wildman–Crippen MR) is 69.2 cm³/mol. The van der Waals surface area contributed by atoms with Crippen LogP contribution in [-0.4, -0.2) is 11.5 Å². The molecule has 0 spiro atoms. The molecule has 4 nitrogen and oxygen atoms in total. The maximum Gasteiger partial charge on any atom is 0.324 e. The Labute approximate surface area is 105 Å². The molecule has 2 rings (SSSR count). The number of nitro groups is 1. The van der Waals surface area contributed by atoms with E-state index in [1.165, 1.54) is 30.6 Å². The van der Waals surface area contributed by atoms with Crippen LogP contribution in [0.2, 0.25) is 0 Å². The first-order chi connectivity index (χ1) is 8.15. The lowest BCUT2D eigenvalue weighted by atomic mass is 10.1. The van der Waals surface area contributed by atoms with Crippen LogP contribution in [0.3, 0.4) is 0 Å². The van der Waals surface area contributed by atoms with Gasteiger partial charge < -0.3 is 5.32 Å². The summed E-state index contributed by atoms with van der Waals surface area (Å²) < 4.78 is 0. The third-order valence-electron chi connectivity index (χ3n) is 3.36. The smallest absolute Gasteiger partial charge is 0.312 e. The molecule has 0 bridgehead atoms. The predicted octanol–water partition coefficient (Wildman–Crippen LogP) is 3.18. The molecule has 1 N–H and O–H groups in total. The average Bonchev–Trinajstić information content (AvgIpc) is 2.88. The van der Waals surface area contributed by atoms with E-state index in [1.54, 1.807) is 6.07 Å². The monoisotopic (exact) mass is 254 g/mol. The molecule has 1 saturated carbocycles. The van der Waals surface area contributed by atoms with E-state index in [4.69, 9.17) is 0 Å². The molecule has 2 unspecified atom stereocenters. The minimum atomic E-state index is -0.327. The molecule has 0 amide bonds. The molecule has 2 atom stereocenters. The molecule has 1 fully saturated rings. The van der Waals surface area contributed by atoms with Gasteiger partial charge in [-0.2, -0.15) is 0 Å². The van der Waals surface area contributed by atoms with Crippen molar-refractivity contribution in [1.29, 1.82) is 0 Å². The van der Waals surface area contributed by atoms with E-state index in [2.05, 4.69) is 12.2 Å². The molecule has 1 aromatic rings. The highest BCUT2D eigenvalue weighted by atomic mass is 32.1. The molecule has 94 valence electrons. The van der Waals surface area contributed by atoms with Crippen LogP contribution in [-0.2, 0) is 6.54 Å². The van der Waals surface area contributed by atoms with E-state index < -0.39 is 0 Å². The highest BCUT2D eigenvalue weighted by molar-refractivity contribution is 7.15. The summed E-state index contributed by atoms with van der Waals surface area (Å²) in [5.41, 5.74) is 0. The Kier molecular flexibility index (Phi) is 4.12. The van der Waals surface area contributed by atoms with Gasteiger partial charge in [-0.05, 0) is 37.3 Å². The van der Waals surface area contributed by atoms with Gasteiger partial charge in [0.05, 0.1) is 4.92 Å². The highest BCUT2D eigenvalue weighted by Crippen LogP contribution is 2.30. The van der Waals surface area contributed by atoms with Crippen LogP contribution in [0.5, 0.6) is 0 Å². The molecule has 5 heteroatoms. The van der Waals surface area contributed by atoms with Crippen molar-refractivity contribution in [3.63, 3.8) is 0 Å². The molecular formula is C12H18N2O2S. The number of hydrogen-bond donors (Lipinski definition) is 1. The highest BCUT2D eigenvalue weighted by Gasteiger charge is 2.20. The fraction of sp³-hybridized carbons (Fsp3) is 0.667. The summed E-state index contributed by atoms with van der Waals surface area (Å²) in [4.78, 5) is 11.2. The van der Waals surface area contributed by atoms with Crippen molar-refractivity contribution >= 4 is 16.3 Å². The third-order valence-corrected chi connectivity index (χ3v) is 4.40. The van der Waals surface area contributed by atoms with Crippen LogP contribution in [0.4, 0.5) is 5.00 Å². The van der Waals surface area contributed by atoms with Crippen molar-refractivity contribution in [3.05, 3.63) is 27.1 Å². The van der Waals surface area contributed by atoms with E-state index >= 15 is 0 Å². The van der Waals surface area contributed by atoms with Gasteiger partial charge in [-0.25, -0.2) is 0 Å². The van der Waals surface area contributed by atoms with E-state index in [0.29, 0.717) is 0 Å². The quantitative estimate of drug-likeness (QED) is 0.648. The molecule has 1 heterocycles. The Morgan fingerprint density at radius 1 is 1.53 bits per heavy atom. The topological polar surface area (TPSA) is 55.2 Å². The molecule has 0 radical (unpaired) electrons. The van der Waals surface area contributed by atoms with Gasteiger partial charge in [-0.3, -0.25) is 10.1 Å². The normalized spacial score (nSPS) is 24.1. The van der Waals surface area contributed by atoms with Gasteiger partial charge in [-0.15, -0.1) is 0 Å². The third kappa shape index (κ3) is 3.51. The van der Waals surface area contributed by atoms with Crippen LogP contribution in [0.15, 0.2) is 12.1 Å². The maximum absolute atomic E-state index is 10.5. The Bertz CT molecular complexity index is 392. The average molecular weight is 254 g/mol. The second-order valence-corrected chi connectivity index (χ2v) is 6.06. The van der Waals surface area contributed by atoms with Crippen molar-refractivity contribution in [2.24, 2.45) is 11.8 Å².